The summed E-state index contributed by atoms with van der Waals surface area (Å²) in [5, 5.41) is 0. The molecule has 0 spiro atoms. The minimum absolute atomic E-state index is 0. The molecule has 0 saturated carbocycles. The summed E-state index contributed by atoms with van der Waals surface area (Å²) in [5.74, 6) is -0.216. The topological polar surface area (TPSA) is 34.1 Å². The van der Waals surface area contributed by atoms with Crippen molar-refractivity contribution in [2.45, 2.75) is 95.9 Å². The van der Waals surface area contributed by atoms with Crippen LogP contribution in [-0.4, -0.2) is 11.6 Å². The van der Waals surface area contributed by atoms with Crippen LogP contribution < -0.4 is 0 Å². The van der Waals surface area contributed by atoms with Crippen LogP contribution in [0.2, 0.25) is 0 Å². The fourth-order valence-corrected chi connectivity index (χ4v) is 3.17. The number of Topliss-reactive ketones (excluding diaryl/α,β-unsaturated/α-hetero) is 2. The monoisotopic (exact) mass is 491 g/mol. The molecule has 0 N–H and O–H groups in total. The predicted octanol–water partition coefficient (Wildman–Crippen LogP) is 7.76. The minimum Gasteiger partial charge on any atom is -0.334 e. The van der Waals surface area contributed by atoms with Crippen LogP contribution >= 0.6 is 0 Å². The van der Waals surface area contributed by atoms with Crippen molar-refractivity contribution in [3.8, 4) is 0 Å². The van der Waals surface area contributed by atoms with E-state index >= 15 is 0 Å². The SMILES string of the molecule is CC.CC(=O)[CH-]C(=O)CCC(C)(C)C(C)(C)C(C)(C)C(C)(C)C.[Y].[c-]1ccccc1. The first-order chi connectivity index (χ1) is 13.1. The number of carbonyl (C=O) groups excluding carboxylic acids is 2. The Morgan fingerprint density at radius 2 is 1.23 bits per heavy atom. The van der Waals surface area contributed by atoms with Gasteiger partial charge in [0.25, 0.3) is 0 Å². The van der Waals surface area contributed by atoms with Gasteiger partial charge in [0.05, 0.1) is 0 Å². The van der Waals surface area contributed by atoms with Crippen LogP contribution in [0.5, 0.6) is 0 Å². The molecule has 2 nitrogen and oxygen atoms in total. The van der Waals surface area contributed by atoms with E-state index in [0.29, 0.717) is 6.42 Å². The molecular formula is C27H46O2Y-2. The Morgan fingerprint density at radius 1 is 0.800 bits per heavy atom. The molecule has 0 aliphatic carbocycles. The Labute approximate surface area is 213 Å². The molecule has 0 aliphatic heterocycles. The van der Waals surface area contributed by atoms with Crippen LogP contribution in [0.1, 0.15) is 95.9 Å². The van der Waals surface area contributed by atoms with E-state index in [1.807, 2.05) is 44.2 Å². The van der Waals surface area contributed by atoms with Gasteiger partial charge < -0.3 is 9.59 Å². The summed E-state index contributed by atoms with van der Waals surface area (Å²) >= 11 is 0. The number of ketones is 2. The van der Waals surface area contributed by atoms with E-state index in [4.69, 9.17) is 0 Å². The summed E-state index contributed by atoms with van der Waals surface area (Å²) in [4.78, 5) is 22.8. The van der Waals surface area contributed by atoms with Gasteiger partial charge in [0.15, 0.2) is 0 Å². The minimum atomic E-state index is -0.160. The zero-order valence-electron chi connectivity index (χ0n) is 21.8. The van der Waals surface area contributed by atoms with Crippen LogP contribution in [0.15, 0.2) is 30.3 Å². The van der Waals surface area contributed by atoms with Crippen molar-refractivity contribution in [2.24, 2.45) is 21.7 Å². The second-order valence-electron chi connectivity index (χ2n) is 10.2. The fourth-order valence-electron chi connectivity index (χ4n) is 3.17. The van der Waals surface area contributed by atoms with E-state index in [1.165, 1.54) is 13.3 Å². The van der Waals surface area contributed by atoms with Gasteiger partial charge in [0, 0.05) is 44.3 Å². The molecule has 0 fully saturated rings. The molecule has 171 valence electrons. The Balaban J connectivity index is -0.000000677. The number of benzene rings is 1. The van der Waals surface area contributed by atoms with E-state index in [-0.39, 0.29) is 65.9 Å². The molecule has 1 aromatic rings. The van der Waals surface area contributed by atoms with Gasteiger partial charge in [-0.3, -0.25) is 6.42 Å². The first-order valence-corrected chi connectivity index (χ1v) is 10.9. The molecule has 0 bridgehead atoms. The summed E-state index contributed by atoms with van der Waals surface area (Å²) in [6, 6.07) is 12.5. The third-order valence-corrected chi connectivity index (χ3v) is 7.10. The second-order valence-corrected chi connectivity index (χ2v) is 10.2. The van der Waals surface area contributed by atoms with Crippen LogP contribution in [0.25, 0.3) is 0 Å². The molecule has 0 atom stereocenters. The van der Waals surface area contributed by atoms with E-state index < -0.39 is 0 Å². The molecule has 30 heavy (non-hydrogen) atoms. The largest absolute Gasteiger partial charge is 0.334 e. The van der Waals surface area contributed by atoms with Crippen molar-refractivity contribution in [3.63, 3.8) is 0 Å². The van der Waals surface area contributed by atoms with Crippen molar-refractivity contribution in [2.75, 3.05) is 0 Å². The van der Waals surface area contributed by atoms with E-state index in [9.17, 15) is 9.59 Å². The van der Waals surface area contributed by atoms with Crippen molar-refractivity contribution in [1.82, 2.24) is 0 Å². The molecular weight excluding hydrogens is 445 g/mol. The summed E-state index contributed by atoms with van der Waals surface area (Å²) in [6.07, 6.45) is 2.45. The molecule has 0 amide bonds. The molecule has 0 unspecified atom stereocenters. The van der Waals surface area contributed by atoms with Crippen LogP contribution in [0.3, 0.4) is 0 Å². The first-order valence-electron chi connectivity index (χ1n) is 10.9. The number of hydrogen-bond acceptors (Lipinski definition) is 2. The fraction of sp³-hybridized carbons (Fsp3) is 0.667. The van der Waals surface area contributed by atoms with E-state index in [0.717, 1.165) is 6.42 Å². The van der Waals surface area contributed by atoms with Gasteiger partial charge >= 0.3 is 0 Å². The van der Waals surface area contributed by atoms with Gasteiger partial charge in [-0.15, -0.1) is 0 Å². The molecule has 0 aromatic heterocycles. The zero-order chi connectivity index (χ0) is 23.5. The molecule has 0 saturated heterocycles. The maximum Gasteiger partial charge on any atom is 0.00532 e. The van der Waals surface area contributed by atoms with Crippen molar-refractivity contribution >= 4 is 11.6 Å². The quantitative estimate of drug-likeness (QED) is 0.288. The standard InChI is InChI=1S/C19H35O2.C6H5.C2H6.Y/c1-14(20)13-15(21)11-12-17(5,6)19(9,10)18(7,8)16(2,3)4;1-2-4-6-5-3-1;1-2;/h13H,11-12H2,1-10H3;1-5H;1-2H3;/q2*-1;;. The molecule has 1 radical (unpaired) electrons. The van der Waals surface area contributed by atoms with Gasteiger partial charge in [-0.1, -0.05) is 76.2 Å². The smallest absolute Gasteiger partial charge is 0.00532 e. The first kappa shape index (κ1) is 34.2. The number of rotatable bonds is 7. The molecule has 3 heteroatoms. The summed E-state index contributed by atoms with van der Waals surface area (Å²) in [7, 11) is 0. The van der Waals surface area contributed by atoms with E-state index in [2.05, 4.69) is 68.4 Å². The Hall–Kier alpha value is -0.466. The maximum atomic E-state index is 11.8. The zero-order valence-corrected chi connectivity index (χ0v) is 24.6. The average molecular weight is 492 g/mol. The normalized spacial score (nSPS) is 11.6. The second kappa shape index (κ2) is 14.6. The van der Waals surface area contributed by atoms with Crippen molar-refractivity contribution in [1.29, 1.82) is 0 Å². The number of hydrogen-bond donors (Lipinski definition) is 0. The Morgan fingerprint density at radius 3 is 1.50 bits per heavy atom. The molecule has 0 aliphatic rings. The van der Waals surface area contributed by atoms with Crippen LogP contribution in [0.4, 0.5) is 0 Å². The predicted molar refractivity (Wildman–Crippen MR) is 127 cm³/mol. The summed E-state index contributed by atoms with van der Waals surface area (Å²) in [6.45, 7) is 26.0. The van der Waals surface area contributed by atoms with Gasteiger partial charge in [0.2, 0.25) is 0 Å². The molecule has 0 heterocycles. The third kappa shape index (κ3) is 10.7. The molecule has 1 aromatic carbocycles. The molecule has 1 rings (SSSR count). The van der Waals surface area contributed by atoms with Gasteiger partial charge in [-0.25, -0.2) is 0 Å². The third-order valence-electron chi connectivity index (χ3n) is 7.10. The van der Waals surface area contributed by atoms with Gasteiger partial charge in [0.1, 0.15) is 0 Å². The number of carbonyl (C=O) groups is 2. The van der Waals surface area contributed by atoms with E-state index in [1.54, 1.807) is 0 Å². The Kier molecular flexibility index (Phi) is 16.6. The Bertz CT molecular complexity index is 566. The summed E-state index contributed by atoms with van der Waals surface area (Å²) < 4.78 is 0. The van der Waals surface area contributed by atoms with Gasteiger partial charge in [-0.2, -0.15) is 36.4 Å². The summed E-state index contributed by atoms with van der Waals surface area (Å²) in [5.41, 5.74) is 0.332. The average Bonchev–Trinajstić information content (AvgIpc) is 2.62. The van der Waals surface area contributed by atoms with Crippen molar-refractivity contribution < 1.29 is 42.3 Å². The van der Waals surface area contributed by atoms with Crippen LogP contribution in [0, 0.1) is 34.1 Å². The van der Waals surface area contributed by atoms with Gasteiger partial charge in [-0.05, 0) is 41.4 Å². The van der Waals surface area contributed by atoms with Crippen LogP contribution in [-0.2, 0) is 42.3 Å². The maximum absolute atomic E-state index is 11.8. The van der Waals surface area contributed by atoms with Crippen molar-refractivity contribution in [3.05, 3.63) is 42.8 Å².